The monoisotopic (exact) mass is 291 g/mol. The zero-order valence-electron chi connectivity index (χ0n) is 12.0. The maximum Gasteiger partial charge on any atom is 0.305 e. The first-order valence-electron chi connectivity index (χ1n) is 6.72. The van der Waals surface area contributed by atoms with Crippen LogP contribution in [0.4, 0.5) is 0 Å². The van der Waals surface area contributed by atoms with Crippen LogP contribution in [0.2, 0.25) is 0 Å². The van der Waals surface area contributed by atoms with Gasteiger partial charge in [0, 0.05) is 19.2 Å². The molecule has 2 aromatic heterocycles. The first-order chi connectivity index (χ1) is 10.1. The van der Waals surface area contributed by atoms with Gasteiger partial charge in [-0.1, -0.05) is 0 Å². The van der Waals surface area contributed by atoms with Crippen LogP contribution in [0.5, 0.6) is 0 Å². The van der Waals surface area contributed by atoms with E-state index in [1.807, 2.05) is 0 Å². The summed E-state index contributed by atoms with van der Waals surface area (Å²) in [5, 5.41) is 6.75. The van der Waals surface area contributed by atoms with E-state index in [0.29, 0.717) is 36.6 Å². The van der Waals surface area contributed by atoms with Crippen molar-refractivity contribution in [2.75, 3.05) is 13.2 Å². The van der Waals surface area contributed by atoms with Crippen molar-refractivity contribution < 1.29 is 14.3 Å². The highest BCUT2D eigenvalue weighted by molar-refractivity contribution is 5.95. The molecule has 0 aliphatic heterocycles. The van der Waals surface area contributed by atoms with Crippen LogP contribution in [-0.4, -0.2) is 44.6 Å². The molecule has 2 aromatic rings. The van der Waals surface area contributed by atoms with Gasteiger partial charge in [-0.15, -0.1) is 0 Å². The van der Waals surface area contributed by atoms with Gasteiger partial charge in [0.05, 0.1) is 17.9 Å². The summed E-state index contributed by atoms with van der Waals surface area (Å²) < 4.78 is 6.32. The molecule has 0 fully saturated rings. The van der Waals surface area contributed by atoms with Crippen LogP contribution >= 0.6 is 0 Å². The second kappa shape index (κ2) is 6.78. The average molecular weight is 291 g/mol. The molecule has 8 heteroatoms. The van der Waals surface area contributed by atoms with Crippen molar-refractivity contribution in [3.8, 4) is 0 Å². The number of amides is 1. The predicted octanol–water partition coefficient (Wildman–Crippen LogP) is 0.506. The van der Waals surface area contributed by atoms with E-state index in [1.165, 1.54) is 17.0 Å². The first-order valence-corrected chi connectivity index (χ1v) is 6.72. The average Bonchev–Trinajstić information content (AvgIpc) is 2.93. The van der Waals surface area contributed by atoms with Gasteiger partial charge in [-0.3, -0.25) is 9.59 Å². The highest BCUT2D eigenvalue weighted by atomic mass is 16.5. The Hall–Kier alpha value is -2.51. The SMILES string of the molecule is CCOC(=O)CCCNC(=O)c1cnc2ncnn2c1C. The Balaban J connectivity index is 1.90. The lowest BCUT2D eigenvalue weighted by Crippen LogP contribution is -2.26. The van der Waals surface area contributed by atoms with Crippen molar-refractivity contribution in [1.29, 1.82) is 0 Å². The number of nitrogens with one attached hydrogen (secondary N) is 1. The van der Waals surface area contributed by atoms with Crippen molar-refractivity contribution in [2.24, 2.45) is 0 Å². The molecule has 0 aromatic carbocycles. The number of esters is 1. The van der Waals surface area contributed by atoms with Gasteiger partial charge in [0.2, 0.25) is 0 Å². The number of hydrogen-bond donors (Lipinski definition) is 1. The Labute approximate surface area is 121 Å². The van der Waals surface area contributed by atoms with Crippen molar-refractivity contribution in [3.63, 3.8) is 0 Å². The minimum absolute atomic E-state index is 0.249. The number of nitrogens with zero attached hydrogens (tertiary/aromatic N) is 4. The number of carbonyl (C=O) groups excluding carboxylic acids is 2. The molecule has 0 atom stereocenters. The van der Waals surface area contributed by atoms with Crippen molar-refractivity contribution in [2.45, 2.75) is 26.7 Å². The Morgan fingerprint density at radius 1 is 1.38 bits per heavy atom. The predicted molar refractivity (Wildman–Crippen MR) is 73.7 cm³/mol. The third kappa shape index (κ3) is 3.53. The van der Waals surface area contributed by atoms with E-state index >= 15 is 0 Å². The van der Waals surface area contributed by atoms with Gasteiger partial charge >= 0.3 is 5.97 Å². The van der Waals surface area contributed by atoms with E-state index in [9.17, 15) is 9.59 Å². The minimum Gasteiger partial charge on any atom is -0.466 e. The van der Waals surface area contributed by atoms with Crippen LogP contribution < -0.4 is 5.32 Å². The summed E-state index contributed by atoms with van der Waals surface area (Å²) in [6, 6.07) is 0. The lowest BCUT2D eigenvalue weighted by atomic mass is 10.2. The van der Waals surface area contributed by atoms with E-state index in [4.69, 9.17) is 4.74 Å². The second-order valence-electron chi connectivity index (χ2n) is 4.39. The number of ether oxygens (including phenoxy) is 1. The van der Waals surface area contributed by atoms with Gasteiger partial charge < -0.3 is 10.1 Å². The van der Waals surface area contributed by atoms with E-state index in [2.05, 4.69) is 20.4 Å². The lowest BCUT2D eigenvalue weighted by Gasteiger charge is -2.08. The van der Waals surface area contributed by atoms with Crippen LogP contribution in [0.25, 0.3) is 5.78 Å². The summed E-state index contributed by atoms with van der Waals surface area (Å²) in [6.07, 6.45) is 3.67. The molecule has 0 spiro atoms. The summed E-state index contributed by atoms with van der Waals surface area (Å²) in [4.78, 5) is 31.2. The maximum atomic E-state index is 12.1. The molecule has 112 valence electrons. The molecule has 0 aliphatic carbocycles. The summed E-state index contributed by atoms with van der Waals surface area (Å²) in [7, 11) is 0. The van der Waals surface area contributed by atoms with Crippen molar-refractivity contribution >= 4 is 17.7 Å². The lowest BCUT2D eigenvalue weighted by molar-refractivity contribution is -0.143. The molecule has 0 unspecified atom stereocenters. The zero-order valence-corrected chi connectivity index (χ0v) is 12.0. The smallest absolute Gasteiger partial charge is 0.305 e. The van der Waals surface area contributed by atoms with Gasteiger partial charge in [-0.05, 0) is 20.3 Å². The molecule has 1 N–H and O–H groups in total. The normalized spacial score (nSPS) is 10.6. The van der Waals surface area contributed by atoms with Crippen LogP contribution in [0.3, 0.4) is 0 Å². The van der Waals surface area contributed by atoms with Gasteiger partial charge in [-0.2, -0.15) is 10.1 Å². The largest absolute Gasteiger partial charge is 0.466 e. The third-order valence-electron chi connectivity index (χ3n) is 2.94. The van der Waals surface area contributed by atoms with Crippen LogP contribution in [-0.2, 0) is 9.53 Å². The van der Waals surface area contributed by atoms with Gasteiger partial charge in [0.15, 0.2) is 0 Å². The molecular formula is C13H17N5O3. The summed E-state index contributed by atoms with van der Waals surface area (Å²) in [5.74, 6) is -0.0544. The van der Waals surface area contributed by atoms with Gasteiger partial charge in [0.1, 0.15) is 6.33 Å². The maximum absolute atomic E-state index is 12.1. The molecule has 0 bridgehead atoms. The summed E-state index contributed by atoms with van der Waals surface area (Å²) >= 11 is 0. The molecule has 0 saturated heterocycles. The number of fused-ring (bicyclic) bond motifs is 1. The Morgan fingerprint density at radius 2 is 2.19 bits per heavy atom. The number of rotatable bonds is 6. The highest BCUT2D eigenvalue weighted by Crippen LogP contribution is 2.07. The molecule has 0 aliphatic rings. The number of carbonyl (C=O) groups is 2. The van der Waals surface area contributed by atoms with Gasteiger partial charge in [-0.25, -0.2) is 9.50 Å². The highest BCUT2D eigenvalue weighted by Gasteiger charge is 2.13. The Bertz CT molecular complexity index is 652. The standard InChI is InChI=1S/C13H17N5O3/c1-3-21-11(19)5-4-6-14-12(20)10-7-15-13-16-8-17-18(13)9(10)2/h7-8H,3-6H2,1-2H3,(H,14,20). The number of aryl methyl sites for hydroxylation is 1. The molecule has 0 radical (unpaired) electrons. The molecule has 0 saturated carbocycles. The zero-order chi connectivity index (χ0) is 15.2. The minimum atomic E-state index is -0.256. The van der Waals surface area contributed by atoms with E-state index in [-0.39, 0.29) is 18.3 Å². The van der Waals surface area contributed by atoms with E-state index in [0.717, 1.165) is 0 Å². The van der Waals surface area contributed by atoms with Crippen LogP contribution in [0, 0.1) is 6.92 Å². The van der Waals surface area contributed by atoms with Crippen molar-refractivity contribution in [1.82, 2.24) is 24.9 Å². The Kier molecular flexibility index (Phi) is 4.81. The molecule has 2 rings (SSSR count). The fourth-order valence-corrected chi connectivity index (χ4v) is 1.88. The van der Waals surface area contributed by atoms with E-state index in [1.54, 1.807) is 13.8 Å². The first kappa shape index (κ1) is 14.9. The second-order valence-corrected chi connectivity index (χ2v) is 4.39. The third-order valence-corrected chi connectivity index (χ3v) is 2.94. The van der Waals surface area contributed by atoms with Crippen molar-refractivity contribution in [3.05, 3.63) is 23.8 Å². The number of aromatic nitrogens is 4. The van der Waals surface area contributed by atoms with Crippen LogP contribution in [0.15, 0.2) is 12.5 Å². The van der Waals surface area contributed by atoms with Crippen LogP contribution in [0.1, 0.15) is 35.8 Å². The van der Waals surface area contributed by atoms with Gasteiger partial charge in [0.25, 0.3) is 11.7 Å². The topological polar surface area (TPSA) is 98.5 Å². The molecule has 8 nitrogen and oxygen atoms in total. The summed E-state index contributed by atoms with van der Waals surface area (Å²) in [6.45, 7) is 4.30. The quantitative estimate of drug-likeness (QED) is 0.615. The molecule has 21 heavy (non-hydrogen) atoms. The number of hydrogen-bond acceptors (Lipinski definition) is 6. The summed E-state index contributed by atoms with van der Waals surface area (Å²) in [5.41, 5.74) is 1.10. The molecule has 2 heterocycles. The van der Waals surface area contributed by atoms with E-state index < -0.39 is 0 Å². The Morgan fingerprint density at radius 3 is 2.95 bits per heavy atom. The molecular weight excluding hydrogens is 274 g/mol. The fraction of sp³-hybridized carbons (Fsp3) is 0.462. The molecule has 1 amide bonds. The fourth-order valence-electron chi connectivity index (χ4n) is 1.88.